The lowest BCUT2D eigenvalue weighted by atomic mass is 9.97. The molecular weight excluding hydrogens is 298 g/mol. The number of hydrogen-bond acceptors (Lipinski definition) is 3. The predicted molar refractivity (Wildman–Crippen MR) is 91.9 cm³/mol. The van der Waals surface area contributed by atoms with E-state index in [0.717, 1.165) is 21.9 Å². The van der Waals surface area contributed by atoms with Crippen molar-refractivity contribution in [3.05, 3.63) is 28.3 Å². The minimum atomic E-state index is -0.473. The molecule has 0 saturated carbocycles. The van der Waals surface area contributed by atoms with E-state index in [2.05, 4.69) is 18.7 Å². The fourth-order valence-corrected chi connectivity index (χ4v) is 3.42. The van der Waals surface area contributed by atoms with Crippen LogP contribution in [0.1, 0.15) is 44.2 Å². The Balaban J connectivity index is 1.88. The number of β-amino-alcohol motifs (C(OH)–C–C–N with tert-alkyl or cyclic N) is 1. The average molecular weight is 326 g/mol. The van der Waals surface area contributed by atoms with Crippen LogP contribution >= 0.6 is 11.6 Å². The summed E-state index contributed by atoms with van der Waals surface area (Å²) in [5.41, 5.74) is 2.01. The van der Waals surface area contributed by atoms with Gasteiger partial charge in [0.15, 0.2) is 0 Å². The number of hydrogen-bond donors (Lipinski definition) is 1. The first kappa shape index (κ1) is 17.6. The van der Waals surface area contributed by atoms with Crippen molar-refractivity contribution in [1.29, 1.82) is 0 Å². The fourth-order valence-electron chi connectivity index (χ4n) is 3.31. The van der Waals surface area contributed by atoms with Crippen molar-refractivity contribution >= 4 is 11.6 Å². The van der Waals surface area contributed by atoms with E-state index < -0.39 is 6.10 Å². The lowest BCUT2D eigenvalue weighted by molar-refractivity contribution is 0.0208. The molecule has 2 rings (SSSR count). The maximum absolute atomic E-state index is 10.3. The van der Waals surface area contributed by atoms with E-state index in [1.165, 1.54) is 19.3 Å². The highest BCUT2D eigenvalue weighted by Crippen LogP contribution is 2.26. The van der Waals surface area contributed by atoms with E-state index in [1.54, 1.807) is 0 Å². The second kappa shape index (κ2) is 7.67. The molecule has 0 aromatic heterocycles. The number of aliphatic hydroxyl groups excluding tert-OH is 1. The Morgan fingerprint density at radius 1 is 1.23 bits per heavy atom. The van der Waals surface area contributed by atoms with Crippen LogP contribution in [0.5, 0.6) is 5.75 Å². The van der Waals surface area contributed by atoms with Gasteiger partial charge >= 0.3 is 0 Å². The Morgan fingerprint density at radius 2 is 1.77 bits per heavy atom. The number of nitrogens with zero attached hydrogens (tertiary/aromatic N) is 1. The molecule has 1 fully saturated rings. The van der Waals surface area contributed by atoms with E-state index >= 15 is 0 Å². The molecule has 1 aliphatic rings. The van der Waals surface area contributed by atoms with Crippen molar-refractivity contribution in [3.8, 4) is 5.75 Å². The Morgan fingerprint density at radius 3 is 2.32 bits per heavy atom. The van der Waals surface area contributed by atoms with Gasteiger partial charge in [-0.25, -0.2) is 0 Å². The quantitative estimate of drug-likeness (QED) is 0.889. The molecule has 1 saturated heterocycles. The van der Waals surface area contributed by atoms with Crippen LogP contribution in [0.4, 0.5) is 0 Å². The fraction of sp³-hybridized carbons (Fsp3) is 0.667. The monoisotopic (exact) mass is 325 g/mol. The van der Waals surface area contributed by atoms with Gasteiger partial charge in [-0.2, -0.15) is 0 Å². The number of aryl methyl sites for hydroxylation is 2. The minimum Gasteiger partial charge on any atom is -0.491 e. The molecule has 0 aliphatic carbocycles. The van der Waals surface area contributed by atoms with Gasteiger partial charge in [-0.3, -0.25) is 4.90 Å². The summed E-state index contributed by atoms with van der Waals surface area (Å²) in [6, 6.07) is 4.93. The Kier molecular flexibility index (Phi) is 6.13. The lowest BCUT2D eigenvalue weighted by Gasteiger charge is -2.40. The van der Waals surface area contributed by atoms with Gasteiger partial charge in [0.1, 0.15) is 18.5 Å². The van der Waals surface area contributed by atoms with Gasteiger partial charge in [0, 0.05) is 23.7 Å². The highest BCUT2D eigenvalue weighted by Gasteiger charge is 2.26. The molecule has 0 radical (unpaired) electrons. The average Bonchev–Trinajstić information content (AvgIpc) is 2.46. The van der Waals surface area contributed by atoms with Crippen LogP contribution in [-0.2, 0) is 0 Å². The standard InChI is InChI=1S/C18H28ClNO2/c1-12-8-17(9-13(2)18(12)19)22-11-16(21)10-20-14(3)6-5-7-15(20)4/h8-9,14-16,21H,5-7,10-11H2,1-4H3/t14-,15+,16-/m0/s1. The number of halogens is 1. The molecule has 4 heteroatoms. The third-order valence-electron chi connectivity index (χ3n) is 4.65. The van der Waals surface area contributed by atoms with Gasteiger partial charge in [0.2, 0.25) is 0 Å². The predicted octanol–water partition coefficient (Wildman–Crippen LogP) is 3.96. The number of ether oxygens (including phenoxy) is 1. The van der Waals surface area contributed by atoms with Crippen molar-refractivity contribution in [2.45, 2.75) is 65.1 Å². The van der Waals surface area contributed by atoms with Gasteiger partial charge in [-0.1, -0.05) is 18.0 Å². The summed E-state index contributed by atoms with van der Waals surface area (Å²) in [5, 5.41) is 11.1. The van der Waals surface area contributed by atoms with Crippen LogP contribution in [0.15, 0.2) is 12.1 Å². The summed E-state index contributed by atoms with van der Waals surface area (Å²) in [6.07, 6.45) is 3.25. The third-order valence-corrected chi connectivity index (χ3v) is 5.25. The molecule has 3 nitrogen and oxygen atoms in total. The van der Waals surface area contributed by atoms with E-state index in [0.29, 0.717) is 25.2 Å². The maximum Gasteiger partial charge on any atom is 0.120 e. The molecular formula is C18H28ClNO2. The van der Waals surface area contributed by atoms with Gasteiger partial charge in [-0.15, -0.1) is 0 Å². The Labute approximate surface area is 139 Å². The summed E-state index contributed by atoms with van der Waals surface area (Å²) < 4.78 is 5.76. The smallest absolute Gasteiger partial charge is 0.120 e. The molecule has 0 spiro atoms. The Hall–Kier alpha value is -0.770. The first-order chi connectivity index (χ1) is 10.4. The zero-order chi connectivity index (χ0) is 16.3. The van der Waals surface area contributed by atoms with Crippen LogP contribution in [0.3, 0.4) is 0 Å². The molecule has 1 aliphatic heterocycles. The first-order valence-electron chi connectivity index (χ1n) is 8.22. The number of piperidine rings is 1. The van der Waals surface area contributed by atoms with Gasteiger partial charge in [0.25, 0.3) is 0 Å². The van der Waals surface area contributed by atoms with Crippen molar-refractivity contribution in [2.75, 3.05) is 13.2 Å². The molecule has 1 heterocycles. The van der Waals surface area contributed by atoms with Crippen LogP contribution in [0.25, 0.3) is 0 Å². The van der Waals surface area contributed by atoms with Crippen molar-refractivity contribution < 1.29 is 9.84 Å². The zero-order valence-electron chi connectivity index (χ0n) is 14.1. The summed E-state index contributed by atoms with van der Waals surface area (Å²) >= 11 is 6.16. The molecule has 1 N–H and O–H groups in total. The van der Waals surface area contributed by atoms with E-state index in [-0.39, 0.29) is 0 Å². The van der Waals surface area contributed by atoms with Gasteiger partial charge in [-0.05, 0) is 63.8 Å². The normalized spacial score (nSPS) is 24.3. The second-order valence-corrected chi connectivity index (χ2v) is 7.04. The number of rotatable bonds is 5. The Bertz CT molecular complexity index is 473. The SMILES string of the molecule is Cc1cc(OC[C@@H](O)CN2[C@H](C)CCC[C@@H]2C)cc(C)c1Cl. The van der Waals surface area contributed by atoms with Crippen LogP contribution in [0, 0.1) is 13.8 Å². The molecule has 124 valence electrons. The molecule has 0 bridgehead atoms. The molecule has 3 atom stereocenters. The highest BCUT2D eigenvalue weighted by atomic mass is 35.5. The largest absolute Gasteiger partial charge is 0.491 e. The number of likely N-dealkylation sites (tertiary alicyclic amines) is 1. The zero-order valence-corrected chi connectivity index (χ0v) is 14.9. The number of aliphatic hydroxyl groups is 1. The summed E-state index contributed by atoms with van der Waals surface area (Å²) in [4.78, 5) is 2.40. The third kappa shape index (κ3) is 4.37. The van der Waals surface area contributed by atoms with Gasteiger partial charge in [0.05, 0.1) is 0 Å². The van der Waals surface area contributed by atoms with Crippen molar-refractivity contribution in [2.24, 2.45) is 0 Å². The van der Waals surface area contributed by atoms with Crippen LogP contribution in [0.2, 0.25) is 5.02 Å². The van der Waals surface area contributed by atoms with Crippen LogP contribution in [-0.4, -0.2) is 41.3 Å². The maximum atomic E-state index is 10.3. The van der Waals surface area contributed by atoms with E-state index in [1.807, 2.05) is 26.0 Å². The molecule has 22 heavy (non-hydrogen) atoms. The lowest BCUT2D eigenvalue weighted by Crippen LogP contribution is -2.48. The van der Waals surface area contributed by atoms with E-state index in [4.69, 9.17) is 16.3 Å². The first-order valence-corrected chi connectivity index (χ1v) is 8.59. The van der Waals surface area contributed by atoms with Gasteiger partial charge < -0.3 is 9.84 Å². The molecule has 1 aromatic rings. The topological polar surface area (TPSA) is 32.7 Å². The van der Waals surface area contributed by atoms with Crippen LogP contribution < -0.4 is 4.74 Å². The molecule has 0 amide bonds. The molecule has 1 aromatic carbocycles. The highest BCUT2D eigenvalue weighted by molar-refractivity contribution is 6.32. The number of benzene rings is 1. The van der Waals surface area contributed by atoms with Crippen molar-refractivity contribution in [1.82, 2.24) is 4.90 Å². The second-order valence-electron chi connectivity index (χ2n) is 6.66. The van der Waals surface area contributed by atoms with Crippen molar-refractivity contribution in [3.63, 3.8) is 0 Å². The summed E-state index contributed by atoms with van der Waals surface area (Å²) in [5.74, 6) is 0.776. The van der Waals surface area contributed by atoms with E-state index in [9.17, 15) is 5.11 Å². The summed E-state index contributed by atoms with van der Waals surface area (Å²) in [6.45, 7) is 9.42. The minimum absolute atomic E-state index is 0.316. The summed E-state index contributed by atoms with van der Waals surface area (Å²) in [7, 11) is 0. The molecule has 0 unspecified atom stereocenters.